The predicted octanol–water partition coefficient (Wildman–Crippen LogP) is 4.45. The van der Waals surface area contributed by atoms with Gasteiger partial charge in [-0.2, -0.15) is 0 Å². The van der Waals surface area contributed by atoms with Crippen LogP contribution in [-0.2, 0) is 0 Å². The van der Waals surface area contributed by atoms with Crippen LogP contribution in [-0.4, -0.2) is 18.4 Å². The van der Waals surface area contributed by atoms with Crippen LogP contribution in [0.2, 0.25) is 5.02 Å². The monoisotopic (exact) mass is 303 g/mol. The van der Waals surface area contributed by atoms with Crippen molar-refractivity contribution < 1.29 is 13.9 Å². The second-order valence-electron chi connectivity index (χ2n) is 4.57. The number of rotatable bonds is 3. The molecule has 0 radical (unpaired) electrons. The number of aromatic amines is 1. The molecule has 1 aromatic heterocycles. The van der Waals surface area contributed by atoms with Crippen molar-refractivity contribution in [3.05, 3.63) is 52.8 Å². The van der Waals surface area contributed by atoms with Gasteiger partial charge in [-0.25, -0.2) is 4.39 Å². The maximum atomic E-state index is 14.0. The Morgan fingerprint density at radius 2 is 1.95 bits per heavy atom. The molecule has 0 atom stereocenters. The zero-order valence-corrected chi connectivity index (χ0v) is 11.9. The molecule has 21 heavy (non-hydrogen) atoms. The number of aldehydes is 1. The van der Waals surface area contributed by atoms with Crippen LogP contribution in [0.3, 0.4) is 0 Å². The van der Waals surface area contributed by atoms with Crippen molar-refractivity contribution >= 4 is 28.8 Å². The summed E-state index contributed by atoms with van der Waals surface area (Å²) >= 11 is 5.86. The van der Waals surface area contributed by atoms with Gasteiger partial charge in [0, 0.05) is 16.0 Å². The Labute approximate surface area is 125 Å². The van der Waals surface area contributed by atoms with Crippen LogP contribution >= 0.6 is 11.6 Å². The smallest absolute Gasteiger partial charge is 0.152 e. The minimum atomic E-state index is -0.486. The largest absolute Gasteiger partial charge is 0.497 e. The minimum absolute atomic E-state index is 0.253. The first-order valence-corrected chi connectivity index (χ1v) is 6.62. The van der Waals surface area contributed by atoms with Gasteiger partial charge in [0.1, 0.15) is 11.6 Å². The van der Waals surface area contributed by atoms with Crippen LogP contribution in [0.15, 0.2) is 36.4 Å². The van der Waals surface area contributed by atoms with E-state index < -0.39 is 5.82 Å². The topological polar surface area (TPSA) is 42.1 Å². The lowest BCUT2D eigenvalue weighted by Gasteiger charge is -2.02. The number of ether oxygens (including phenoxy) is 1. The Bertz CT molecular complexity index is 824. The Morgan fingerprint density at radius 3 is 2.57 bits per heavy atom. The van der Waals surface area contributed by atoms with Crippen LogP contribution in [0, 0.1) is 5.82 Å². The third-order valence-corrected chi connectivity index (χ3v) is 3.58. The van der Waals surface area contributed by atoms with E-state index in [2.05, 4.69) is 4.98 Å². The molecule has 1 N–H and O–H groups in total. The van der Waals surface area contributed by atoms with Crippen LogP contribution < -0.4 is 4.74 Å². The number of nitrogens with one attached hydrogen (secondary N) is 1. The molecule has 0 aliphatic carbocycles. The average Bonchev–Trinajstić information content (AvgIpc) is 2.86. The molecule has 0 aliphatic heterocycles. The number of aromatic nitrogens is 1. The van der Waals surface area contributed by atoms with Gasteiger partial charge in [-0.05, 0) is 42.0 Å². The summed E-state index contributed by atoms with van der Waals surface area (Å²) in [5, 5.41) is 0.726. The van der Waals surface area contributed by atoms with Crippen molar-refractivity contribution in [3.63, 3.8) is 0 Å². The maximum absolute atomic E-state index is 14.0. The van der Waals surface area contributed by atoms with Crippen LogP contribution in [0.5, 0.6) is 5.75 Å². The van der Waals surface area contributed by atoms with E-state index in [-0.39, 0.29) is 10.5 Å². The van der Waals surface area contributed by atoms with E-state index in [1.807, 2.05) is 0 Å². The molecular formula is C16H11ClFNO2. The van der Waals surface area contributed by atoms with Crippen LogP contribution in [0.25, 0.3) is 22.2 Å². The highest BCUT2D eigenvalue weighted by Crippen LogP contribution is 2.33. The molecule has 0 saturated heterocycles. The molecule has 0 unspecified atom stereocenters. The third kappa shape index (κ3) is 2.28. The first-order chi connectivity index (χ1) is 10.1. The van der Waals surface area contributed by atoms with Gasteiger partial charge in [0.25, 0.3) is 0 Å². The number of H-pyrrole nitrogens is 1. The van der Waals surface area contributed by atoms with Crippen molar-refractivity contribution in [2.75, 3.05) is 7.11 Å². The molecule has 0 spiro atoms. The van der Waals surface area contributed by atoms with E-state index in [1.54, 1.807) is 37.4 Å². The molecule has 1 heterocycles. The number of carbonyl (C=O) groups is 1. The summed E-state index contributed by atoms with van der Waals surface area (Å²) in [6.45, 7) is 0. The number of hydrogen-bond acceptors (Lipinski definition) is 2. The van der Waals surface area contributed by atoms with Gasteiger partial charge in [0.15, 0.2) is 6.29 Å². The van der Waals surface area contributed by atoms with Gasteiger partial charge in [-0.1, -0.05) is 11.6 Å². The fourth-order valence-corrected chi connectivity index (χ4v) is 2.55. The van der Waals surface area contributed by atoms with Gasteiger partial charge in [-0.3, -0.25) is 4.79 Å². The van der Waals surface area contributed by atoms with Gasteiger partial charge < -0.3 is 9.72 Å². The standard InChI is InChI=1S/C16H11ClFNO2/c1-21-11-4-2-9(3-5-11)15-13(8-20)12-6-10(17)7-14(18)16(12)19-15/h2-8,19H,1H3. The lowest BCUT2D eigenvalue weighted by Crippen LogP contribution is -1.86. The summed E-state index contributed by atoms with van der Waals surface area (Å²) in [7, 11) is 1.58. The highest BCUT2D eigenvalue weighted by atomic mass is 35.5. The summed E-state index contributed by atoms with van der Waals surface area (Å²) < 4.78 is 19.1. The number of fused-ring (bicyclic) bond motifs is 1. The number of hydrogen-bond donors (Lipinski definition) is 1. The number of carbonyl (C=O) groups excluding carboxylic acids is 1. The minimum Gasteiger partial charge on any atom is -0.497 e. The Morgan fingerprint density at radius 1 is 1.24 bits per heavy atom. The molecule has 0 fully saturated rings. The lowest BCUT2D eigenvalue weighted by atomic mass is 10.1. The highest BCUT2D eigenvalue weighted by molar-refractivity contribution is 6.31. The van der Waals surface area contributed by atoms with Crippen molar-refractivity contribution in [3.8, 4) is 17.0 Å². The zero-order valence-electron chi connectivity index (χ0n) is 11.1. The average molecular weight is 304 g/mol. The number of halogens is 2. The molecule has 0 bridgehead atoms. The predicted molar refractivity (Wildman–Crippen MR) is 80.6 cm³/mol. The molecule has 5 heteroatoms. The summed E-state index contributed by atoms with van der Waals surface area (Å²) in [6, 6.07) is 9.95. The molecular weight excluding hydrogens is 293 g/mol. The van der Waals surface area contributed by atoms with E-state index >= 15 is 0 Å². The van der Waals surface area contributed by atoms with E-state index in [1.165, 1.54) is 6.07 Å². The Balaban J connectivity index is 2.26. The fourth-order valence-electron chi connectivity index (χ4n) is 2.35. The fraction of sp³-hybridized carbons (Fsp3) is 0.0625. The maximum Gasteiger partial charge on any atom is 0.152 e. The molecule has 0 saturated carbocycles. The molecule has 0 aliphatic rings. The third-order valence-electron chi connectivity index (χ3n) is 3.36. The summed E-state index contributed by atoms with van der Waals surface area (Å²) in [6.07, 6.45) is 0.703. The normalized spacial score (nSPS) is 10.8. The van der Waals surface area contributed by atoms with Crippen molar-refractivity contribution in [2.45, 2.75) is 0 Å². The van der Waals surface area contributed by atoms with Crippen molar-refractivity contribution in [2.24, 2.45) is 0 Å². The second kappa shape index (κ2) is 5.22. The summed E-state index contributed by atoms with van der Waals surface area (Å²) in [5.41, 5.74) is 1.98. The Hall–Kier alpha value is -2.33. The van der Waals surface area contributed by atoms with Crippen LogP contribution in [0.1, 0.15) is 10.4 Å². The van der Waals surface area contributed by atoms with Gasteiger partial charge in [-0.15, -0.1) is 0 Å². The quantitative estimate of drug-likeness (QED) is 0.726. The van der Waals surface area contributed by atoms with Gasteiger partial charge in [0.2, 0.25) is 0 Å². The van der Waals surface area contributed by atoms with Crippen molar-refractivity contribution in [1.82, 2.24) is 4.98 Å². The lowest BCUT2D eigenvalue weighted by molar-refractivity contribution is 0.112. The van der Waals surface area contributed by atoms with E-state index in [0.717, 1.165) is 5.56 Å². The van der Waals surface area contributed by atoms with Crippen molar-refractivity contribution in [1.29, 1.82) is 0 Å². The van der Waals surface area contributed by atoms with Gasteiger partial charge >= 0.3 is 0 Å². The molecule has 3 nitrogen and oxygen atoms in total. The first kappa shape index (κ1) is 13.6. The van der Waals surface area contributed by atoms with E-state index in [9.17, 15) is 9.18 Å². The second-order valence-corrected chi connectivity index (χ2v) is 5.01. The zero-order chi connectivity index (χ0) is 15.0. The van der Waals surface area contributed by atoms with Gasteiger partial charge in [0.05, 0.1) is 18.3 Å². The Kier molecular flexibility index (Phi) is 3.39. The number of methoxy groups -OCH3 is 1. The molecule has 3 rings (SSSR count). The van der Waals surface area contributed by atoms with Crippen LogP contribution in [0.4, 0.5) is 4.39 Å². The summed E-state index contributed by atoms with van der Waals surface area (Å²) in [4.78, 5) is 14.4. The SMILES string of the molecule is COc1ccc(-c2[nH]c3c(F)cc(Cl)cc3c2C=O)cc1. The molecule has 0 amide bonds. The highest BCUT2D eigenvalue weighted by Gasteiger charge is 2.16. The van der Waals surface area contributed by atoms with E-state index in [0.29, 0.717) is 28.7 Å². The molecule has 106 valence electrons. The first-order valence-electron chi connectivity index (χ1n) is 6.24. The molecule has 3 aromatic rings. The molecule has 2 aromatic carbocycles. The van der Waals surface area contributed by atoms with E-state index in [4.69, 9.17) is 16.3 Å². The number of benzene rings is 2. The summed E-state index contributed by atoms with van der Waals surface area (Å²) in [5.74, 6) is 0.220.